The molecule has 0 bridgehead atoms. The van der Waals surface area contributed by atoms with Crippen LogP contribution in [0.5, 0.6) is 0 Å². The third kappa shape index (κ3) is 2.19. The lowest BCUT2D eigenvalue weighted by atomic mass is 9.87. The van der Waals surface area contributed by atoms with Crippen LogP contribution in [0.4, 0.5) is 0 Å². The summed E-state index contributed by atoms with van der Waals surface area (Å²) in [7, 11) is 0. The van der Waals surface area contributed by atoms with Gasteiger partial charge in [-0.25, -0.2) is 0 Å². The molecule has 108 valence electrons. The van der Waals surface area contributed by atoms with Crippen LogP contribution in [-0.2, 0) is 14.3 Å². The van der Waals surface area contributed by atoms with Crippen LogP contribution in [0.2, 0.25) is 0 Å². The second-order valence-electron chi connectivity index (χ2n) is 7.23. The summed E-state index contributed by atoms with van der Waals surface area (Å²) in [5, 5.41) is 0. The lowest BCUT2D eigenvalue weighted by molar-refractivity contribution is -0.167. The zero-order valence-electron chi connectivity index (χ0n) is 12.3. The number of esters is 1. The second-order valence-corrected chi connectivity index (χ2v) is 7.23. The van der Waals surface area contributed by atoms with E-state index in [1.165, 1.54) is 0 Å². The molecule has 3 rings (SSSR count). The highest BCUT2D eigenvalue weighted by atomic mass is 16.6. The highest BCUT2D eigenvalue weighted by Gasteiger charge is 2.59. The second kappa shape index (κ2) is 4.45. The molecular formula is C15H25NO3. The molecule has 3 aliphatic heterocycles. The molecule has 0 saturated carbocycles. The van der Waals surface area contributed by atoms with Crippen molar-refractivity contribution in [1.29, 1.82) is 0 Å². The van der Waals surface area contributed by atoms with Gasteiger partial charge >= 0.3 is 5.97 Å². The Kier molecular flexibility index (Phi) is 3.13. The fourth-order valence-corrected chi connectivity index (χ4v) is 4.10. The van der Waals surface area contributed by atoms with Crippen molar-refractivity contribution in [2.24, 2.45) is 5.92 Å². The van der Waals surface area contributed by atoms with E-state index in [9.17, 15) is 4.79 Å². The van der Waals surface area contributed by atoms with E-state index in [4.69, 9.17) is 9.47 Å². The first-order valence-electron chi connectivity index (χ1n) is 7.50. The SMILES string of the molecule is CC(C)(C)OC(=O)[C@]12CCCN1[C@H]1CCOC[C@H]1C2. The fourth-order valence-electron chi connectivity index (χ4n) is 4.10. The zero-order valence-corrected chi connectivity index (χ0v) is 12.3. The highest BCUT2D eigenvalue weighted by Crippen LogP contribution is 2.48. The molecule has 0 N–H and O–H groups in total. The number of carbonyl (C=O) groups is 1. The Morgan fingerprint density at radius 3 is 2.95 bits per heavy atom. The summed E-state index contributed by atoms with van der Waals surface area (Å²) in [6, 6.07) is 0.531. The van der Waals surface area contributed by atoms with E-state index in [-0.39, 0.29) is 11.5 Å². The van der Waals surface area contributed by atoms with Gasteiger partial charge in [0.05, 0.1) is 6.61 Å². The van der Waals surface area contributed by atoms with E-state index in [1.807, 2.05) is 20.8 Å². The van der Waals surface area contributed by atoms with Crippen molar-refractivity contribution < 1.29 is 14.3 Å². The molecule has 3 heterocycles. The molecule has 0 radical (unpaired) electrons. The number of ether oxygens (including phenoxy) is 2. The molecule has 19 heavy (non-hydrogen) atoms. The predicted octanol–water partition coefficient (Wildman–Crippen LogP) is 1.97. The number of carbonyl (C=O) groups excluding carboxylic acids is 1. The number of nitrogens with zero attached hydrogens (tertiary/aromatic N) is 1. The van der Waals surface area contributed by atoms with Crippen LogP contribution in [0.25, 0.3) is 0 Å². The van der Waals surface area contributed by atoms with Gasteiger partial charge in [-0.3, -0.25) is 9.69 Å². The molecular weight excluding hydrogens is 242 g/mol. The molecule has 0 aromatic rings. The summed E-state index contributed by atoms with van der Waals surface area (Å²) in [4.78, 5) is 15.1. The van der Waals surface area contributed by atoms with Crippen molar-refractivity contribution in [2.45, 2.75) is 63.6 Å². The molecule has 0 aromatic heterocycles. The monoisotopic (exact) mass is 267 g/mol. The van der Waals surface area contributed by atoms with E-state index >= 15 is 0 Å². The lowest BCUT2D eigenvalue weighted by Crippen LogP contribution is -2.51. The van der Waals surface area contributed by atoms with Gasteiger partial charge in [-0.15, -0.1) is 0 Å². The van der Waals surface area contributed by atoms with Gasteiger partial charge < -0.3 is 9.47 Å². The van der Waals surface area contributed by atoms with Crippen LogP contribution in [0, 0.1) is 5.92 Å². The maximum Gasteiger partial charge on any atom is 0.327 e. The quantitative estimate of drug-likeness (QED) is 0.681. The van der Waals surface area contributed by atoms with Crippen LogP contribution in [0.15, 0.2) is 0 Å². The van der Waals surface area contributed by atoms with Crippen molar-refractivity contribution in [2.75, 3.05) is 19.8 Å². The molecule has 0 spiro atoms. The highest BCUT2D eigenvalue weighted by molar-refractivity contribution is 5.82. The Bertz CT molecular complexity index is 376. The molecule has 0 unspecified atom stereocenters. The third-order valence-corrected chi connectivity index (χ3v) is 4.75. The van der Waals surface area contributed by atoms with Crippen molar-refractivity contribution >= 4 is 5.97 Å². The number of fused-ring (bicyclic) bond motifs is 3. The minimum absolute atomic E-state index is 0.00750. The van der Waals surface area contributed by atoms with Gasteiger partial charge in [0.25, 0.3) is 0 Å². The van der Waals surface area contributed by atoms with E-state index < -0.39 is 5.60 Å². The molecule has 4 heteroatoms. The first-order valence-corrected chi connectivity index (χ1v) is 7.50. The van der Waals surface area contributed by atoms with Crippen molar-refractivity contribution in [3.63, 3.8) is 0 Å². The van der Waals surface area contributed by atoms with Gasteiger partial charge in [0.1, 0.15) is 11.1 Å². The molecule has 0 amide bonds. The van der Waals surface area contributed by atoms with Crippen molar-refractivity contribution in [3.8, 4) is 0 Å². The summed E-state index contributed by atoms with van der Waals surface area (Å²) < 4.78 is 11.3. The van der Waals surface area contributed by atoms with Gasteiger partial charge in [0.2, 0.25) is 0 Å². The van der Waals surface area contributed by atoms with Crippen LogP contribution >= 0.6 is 0 Å². The topological polar surface area (TPSA) is 38.8 Å². The molecule has 4 nitrogen and oxygen atoms in total. The molecule has 3 saturated heterocycles. The van der Waals surface area contributed by atoms with Crippen LogP contribution in [-0.4, -0.2) is 47.8 Å². The van der Waals surface area contributed by atoms with Crippen LogP contribution < -0.4 is 0 Å². The molecule has 0 aromatic carbocycles. The Labute approximate surface area is 115 Å². The minimum atomic E-state index is -0.398. The van der Waals surface area contributed by atoms with Gasteiger partial charge in [-0.2, -0.15) is 0 Å². The van der Waals surface area contributed by atoms with E-state index in [0.29, 0.717) is 12.0 Å². The Morgan fingerprint density at radius 2 is 2.21 bits per heavy atom. The summed E-state index contributed by atoms with van der Waals surface area (Å²) in [5.41, 5.74) is -0.749. The maximum atomic E-state index is 12.7. The van der Waals surface area contributed by atoms with Crippen LogP contribution in [0.3, 0.4) is 0 Å². The van der Waals surface area contributed by atoms with Gasteiger partial charge in [0, 0.05) is 18.6 Å². The van der Waals surface area contributed by atoms with Gasteiger partial charge in [-0.05, 0) is 53.0 Å². The van der Waals surface area contributed by atoms with E-state index in [1.54, 1.807) is 0 Å². The Hall–Kier alpha value is -0.610. The zero-order chi connectivity index (χ0) is 13.7. The first kappa shape index (κ1) is 13.4. The Balaban J connectivity index is 1.83. The lowest BCUT2D eigenvalue weighted by Gasteiger charge is -2.36. The average molecular weight is 267 g/mol. The molecule has 0 aliphatic carbocycles. The maximum absolute atomic E-state index is 12.7. The summed E-state index contributed by atoms with van der Waals surface area (Å²) in [5.74, 6) is 0.508. The summed E-state index contributed by atoms with van der Waals surface area (Å²) >= 11 is 0. The molecule has 3 fully saturated rings. The minimum Gasteiger partial charge on any atom is -0.459 e. The normalized spacial score (nSPS) is 38.9. The smallest absolute Gasteiger partial charge is 0.327 e. The number of rotatable bonds is 1. The molecule has 3 aliphatic rings. The largest absolute Gasteiger partial charge is 0.459 e. The van der Waals surface area contributed by atoms with Crippen molar-refractivity contribution in [3.05, 3.63) is 0 Å². The Morgan fingerprint density at radius 1 is 1.42 bits per heavy atom. The molecule has 3 atom stereocenters. The van der Waals surface area contributed by atoms with Gasteiger partial charge in [-0.1, -0.05) is 0 Å². The van der Waals surface area contributed by atoms with Gasteiger partial charge in [0.15, 0.2) is 0 Å². The summed E-state index contributed by atoms with van der Waals surface area (Å²) in [6.45, 7) is 8.54. The number of hydrogen-bond acceptors (Lipinski definition) is 4. The predicted molar refractivity (Wildman–Crippen MR) is 71.8 cm³/mol. The fraction of sp³-hybridized carbons (Fsp3) is 0.933. The van der Waals surface area contributed by atoms with E-state index in [2.05, 4.69) is 4.90 Å². The first-order chi connectivity index (χ1) is 8.92. The summed E-state index contributed by atoms with van der Waals surface area (Å²) in [6.07, 6.45) is 4.06. The standard InChI is InChI=1S/C15H25NO3/c1-14(2,3)19-13(17)15-6-4-7-16(15)12-5-8-18-10-11(12)9-15/h11-12H,4-10H2,1-3H3/t11-,12+,15-/m1/s1. The van der Waals surface area contributed by atoms with Crippen molar-refractivity contribution in [1.82, 2.24) is 4.90 Å². The number of hydrogen-bond donors (Lipinski definition) is 0. The average Bonchev–Trinajstić information content (AvgIpc) is 2.83. The van der Waals surface area contributed by atoms with E-state index in [0.717, 1.165) is 45.4 Å². The van der Waals surface area contributed by atoms with Crippen LogP contribution in [0.1, 0.15) is 46.5 Å². The third-order valence-electron chi connectivity index (χ3n) is 4.75.